The van der Waals surface area contributed by atoms with Gasteiger partial charge in [0.2, 0.25) is 0 Å². The first kappa shape index (κ1) is 21.5. The Labute approximate surface area is 152 Å². The van der Waals surface area contributed by atoms with Crippen LogP contribution in [0.5, 0.6) is 0 Å². The normalized spacial score (nSPS) is 17.0. The molecule has 0 radical (unpaired) electrons. The predicted octanol–water partition coefficient (Wildman–Crippen LogP) is 3.08. The van der Waals surface area contributed by atoms with Gasteiger partial charge in [0, 0.05) is 26.1 Å². The van der Waals surface area contributed by atoms with Crippen LogP contribution in [-0.4, -0.2) is 37.7 Å². The number of carbonyl (C=O) groups is 1. The van der Waals surface area contributed by atoms with E-state index in [0.29, 0.717) is 18.4 Å². The molecule has 0 aliphatic heterocycles. The first-order valence-corrected chi connectivity index (χ1v) is 8.19. The fourth-order valence-electron chi connectivity index (χ4n) is 2.27. The lowest BCUT2D eigenvalue weighted by molar-refractivity contribution is -0.148. The van der Waals surface area contributed by atoms with Gasteiger partial charge >= 0.3 is 5.97 Å². The van der Waals surface area contributed by atoms with E-state index in [2.05, 4.69) is 36.4 Å². The van der Waals surface area contributed by atoms with Crippen LogP contribution in [0.1, 0.15) is 59.3 Å². The van der Waals surface area contributed by atoms with Gasteiger partial charge < -0.3 is 15.4 Å². The second kappa shape index (κ2) is 12.0. The molecular formula is C16H32IN3O2. The fraction of sp³-hybridized carbons (Fsp3) is 0.875. The Morgan fingerprint density at radius 1 is 1.27 bits per heavy atom. The summed E-state index contributed by atoms with van der Waals surface area (Å²) in [6.07, 6.45) is 5.86. The molecule has 6 heteroatoms. The van der Waals surface area contributed by atoms with Crippen molar-refractivity contribution in [1.29, 1.82) is 0 Å². The topological polar surface area (TPSA) is 62.7 Å². The first-order valence-electron chi connectivity index (χ1n) is 8.19. The molecule has 1 aliphatic rings. The van der Waals surface area contributed by atoms with Gasteiger partial charge in [-0.25, -0.2) is 0 Å². The number of halogens is 1. The van der Waals surface area contributed by atoms with Crippen molar-refractivity contribution < 1.29 is 9.53 Å². The van der Waals surface area contributed by atoms with Crippen LogP contribution < -0.4 is 10.6 Å². The number of esters is 1. The summed E-state index contributed by atoms with van der Waals surface area (Å²) in [5.41, 5.74) is 0. The van der Waals surface area contributed by atoms with E-state index >= 15 is 0 Å². The first-order chi connectivity index (χ1) is 10.0. The van der Waals surface area contributed by atoms with Crippen molar-refractivity contribution in [1.82, 2.24) is 10.6 Å². The van der Waals surface area contributed by atoms with Crippen molar-refractivity contribution in [2.24, 2.45) is 10.9 Å². The molecule has 0 aromatic rings. The SMILES string of the molecule is CN=C(NCCCC(=O)OC1CCCC1)NC(C)C(C)C.I. The van der Waals surface area contributed by atoms with E-state index in [-0.39, 0.29) is 36.0 Å². The van der Waals surface area contributed by atoms with Gasteiger partial charge in [-0.15, -0.1) is 24.0 Å². The van der Waals surface area contributed by atoms with Gasteiger partial charge in [-0.1, -0.05) is 13.8 Å². The summed E-state index contributed by atoms with van der Waals surface area (Å²) in [5, 5.41) is 6.57. The molecule has 0 spiro atoms. The number of hydrogen-bond donors (Lipinski definition) is 2. The van der Waals surface area contributed by atoms with E-state index in [1.807, 2.05) is 0 Å². The minimum absolute atomic E-state index is 0. The van der Waals surface area contributed by atoms with Gasteiger partial charge in [0.25, 0.3) is 0 Å². The monoisotopic (exact) mass is 425 g/mol. The maximum Gasteiger partial charge on any atom is 0.306 e. The quantitative estimate of drug-likeness (QED) is 0.216. The summed E-state index contributed by atoms with van der Waals surface area (Å²) in [5.74, 6) is 1.27. The van der Waals surface area contributed by atoms with E-state index in [4.69, 9.17) is 4.74 Å². The van der Waals surface area contributed by atoms with Gasteiger partial charge in [-0.2, -0.15) is 0 Å². The van der Waals surface area contributed by atoms with Crippen LogP contribution in [0.4, 0.5) is 0 Å². The smallest absolute Gasteiger partial charge is 0.306 e. The third kappa shape index (κ3) is 8.80. The van der Waals surface area contributed by atoms with Gasteiger partial charge in [-0.3, -0.25) is 9.79 Å². The summed E-state index contributed by atoms with van der Waals surface area (Å²) in [6.45, 7) is 7.20. The number of carbonyl (C=O) groups excluding carboxylic acids is 1. The zero-order chi connectivity index (χ0) is 15.7. The molecule has 130 valence electrons. The highest BCUT2D eigenvalue weighted by atomic mass is 127. The average Bonchev–Trinajstić information content (AvgIpc) is 2.94. The van der Waals surface area contributed by atoms with Crippen LogP contribution in [0, 0.1) is 5.92 Å². The zero-order valence-corrected chi connectivity index (χ0v) is 16.7. The minimum atomic E-state index is -0.0674. The van der Waals surface area contributed by atoms with Crippen molar-refractivity contribution in [3.8, 4) is 0 Å². The summed E-state index contributed by atoms with van der Waals surface area (Å²) >= 11 is 0. The summed E-state index contributed by atoms with van der Waals surface area (Å²) in [7, 11) is 1.76. The average molecular weight is 425 g/mol. The van der Waals surface area contributed by atoms with Crippen LogP contribution in [0.2, 0.25) is 0 Å². The van der Waals surface area contributed by atoms with Crippen LogP contribution in [0.25, 0.3) is 0 Å². The van der Waals surface area contributed by atoms with Crippen LogP contribution >= 0.6 is 24.0 Å². The molecule has 1 saturated carbocycles. The molecular weight excluding hydrogens is 393 g/mol. The molecule has 0 bridgehead atoms. The lowest BCUT2D eigenvalue weighted by Crippen LogP contribution is -2.44. The molecule has 22 heavy (non-hydrogen) atoms. The summed E-state index contributed by atoms with van der Waals surface area (Å²) in [6, 6.07) is 0.364. The number of guanidine groups is 1. The molecule has 0 saturated heterocycles. The molecule has 1 atom stereocenters. The van der Waals surface area contributed by atoms with Gasteiger partial charge in [0.1, 0.15) is 6.10 Å². The number of rotatable bonds is 7. The van der Waals surface area contributed by atoms with E-state index < -0.39 is 0 Å². The Bertz CT molecular complexity index is 342. The highest BCUT2D eigenvalue weighted by Crippen LogP contribution is 2.21. The standard InChI is InChI=1S/C16H31N3O2.HI/c1-12(2)13(3)19-16(17-4)18-11-7-10-15(20)21-14-8-5-6-9-14;/h12-14H,5-11H2,1-4H3,(H2,17,18,19);1H. The maximum absolute atomic E-state index is 11.7. The van der Waals surface area contributed by atoms with E-state index in [1.165, 1.54) is 12.8 Å². The van der Waals surface area contributed by atoms with Crippen LogP contribution in [-0.2, 0) is 9.53 Å². The van der Waals surface area contributed by atoms with Crippen molar-refractivity contribution in [2.45, 2.75) is 71.4 Å². The Kier molecular flexibility index (Phi) is 11.7. The van der Waals surface area contributed by atoms with E-state index in [0.717, 1.165) is 31.8 Å². The Morgan fingerprint density at radius 3 is 2.45 bits per heavy atom. The van der Waals surface area contributed by atoms with Gasteiger partial charge in [0.05, 0.1) is 0 Å². The minimum Gasteiger partial charge on any atom is -0.462 e. The van der Waals surface area contributed by atoms with Crippen LogP contribution in [0.3, 0.4) is 0 Å². The molecule has 1 fully saturated rings. The van der Waals surface area contributed by atoms with Crippen LogP contribution in [0.15, 0.2) is 4.99 Å². The Morgan fingerprint density at radius 2 is 1.91 bits per heavy atom. The lowest BCUT2D eigenvalue weighted by atomic mass is 10.1. The van der Waals surface area contributed by atoms with Crippen molar-refractivity contribution in [3.63, 3.8) is 0 Å². The number of hydrogen-bond acceptors (Lipinski definition) is 3. The molecule has 1 aliphatic carbocycles. The molecule has 5 nitrogen and oxygen atoms in total. The molecule has 2 N–H and O–H groups in total. The van der Waals surface area contributed by atoms with E-state index in [9.17, 15) is 4.79 Å². The second-order valence-electron chi connectivity index (χ2n) is 6.18. The molecule has 0 aromatic heterocycles. The summed E-state index contributed by atoms with van der Waals surface area (Å²) in [4.78, 5) is 15.9. The third-order valence-corrected chi connectivity index (χ3v) is 4.04. The van der Waals surface area contributed by atoms with Crippen molar-refractivity contribution in [3.05, 3.63) is 0 Å². The molecule has 0 heterocycles. The largest absolute Gasteiger partial charge is 0.462 e. The number of nitrogens with zero attached hydrogens (tertiary/aromatic N) is 1. The molecule has 1 rings (SSSR count). The summed E-state index contributed by atoms with van der Waals surface area (Å²) < 4.78 is 5.43. The highest BCUT2D eigenvalue weighted by molar-refractivity contribution is 14.0. The van der Waals surface area contributed by atoms with Gasteiger partial charge in [0.15, 0.2) is 5.96 Å². The number of ether oxygens (including phenoxy) is 1. The Balaban J connectivity index is 0.00000441. The van der Waals surface area contributed by atoms with Crippen molar-refractivity contribution >= 4 is 35.9 Å². The highest BCUT2D eigenvalue weighted by Gasteiger charge is 2.18. The van der Waals surface area contributed by atoms with Gasteiger partial charge in [-0.05, 0) is 44.9 Å². The fourth-order valence-corrected chi connectivity index (χ4v) is 2.27. The van der Waals surface area contributed by atoms with E-state index in [1.54, 1.807) is 7.05 Å². The lowest BCUT2D eigenvalue weighted by Gasteiger charge is -2.20. The zero-order valence-electron chi connectivity index (χ0n) is 14.4. The number of nitrogens with one attached hydrogen (secondary N) is 2. The Hall–Kier alpha value is -0.530. The van der Waals surface area contributed by atoms with Crippen molar-refractivity contribution in [2.75, 3.05) is 13.6 Å². The number of aliphatic imine (C=N–C) groups is 1. The molecule has 1 unspecified atom stereocenters. The maximum atomic E-state index is 11.7. The molecule has 0 amide bonds. The second-order valence-corrected chi connectivity index (χ2v) is 6.18. The third-order valence-electron chi connectivity index (χ3n) is 4.04. The predicted molar refractivity (Wildman–Crippen MR) is 102 cm³/mol. The molecule has 0 aromatic carbocycles.